The third kappa shape index (κ3) is 4.69. The summed E-state index contributed by atoms with van der Waals surface area (Å²) in [5.41, 5.74) is 1.24. The van der Waals surface area contributed by atoms with Gasteiger partial charge >= 0.3 is 0 Å². The van der Waals surface area contributed by atoms with E-state index in [0.717, 1.165) is 49.6 Å². The first kappa shape index (κ1) is 18.1. The molecule has 0 unspecified atom stereocenters. The Bertz CT molecular complexity index is 674. The van der Waals surface area contributed by atoms with Crippen LogP contribution >= 0.6 is 0 Å². The Hall–Kier alpha value is -1.69. The quantitative estimate of drug-likeness (QED) is 0.844. The van der Waals surface area contributed by atoms with Gasteiger partial charge in [-0.25, -0.2) is 0 Å². The van der Waals surface area contributed by atoms with E-state index in [0.29, 0.717) is 12.6 Å². The molecule has 25 heavy (non-hydrogen) atoms. The minimum atomic E-state index is -0.908. The zero-order valence-electron chi connectivity index (χ0n) is 15.5. The number of nitrogens with one attached hydrogen (secondary N) is 1. The summed E-state index contributed by atoms with van der Waals surface area (Å²) in [6.45, 7) is 9.32. The average molecular weight is 343 g/mol. The van der Waals surface area contributed by atoms with Gasteiger partial charge in [0.15, 0.2) is 0 Å². The fraction of sp³-hybridized carbons (Fsp3) is 0.550. The first-order chi connectivity index (χ1) is 11.9. The molecule has 0 spiro atoms. The Morgan fingerprint density at radius 1 is 1.36 bits per heavy atom. The Morgan fingerprint density at radius 3 is 2.72 bits per heavy atom. The Kier molecular flexibility index (Phi) is 5.57. The molecule has 2 aromatic heterocycles. The van der Waals surface area contributed by atoms with Gasteiger partial charge in [0.2, 0.25) is 0 Å². The molecule has 2 N–H and O–H groups in total. The molecule has 1 atom stereocenters. The Morgan fingerprint density at radius 2 is 2.12 bits per heavy atom. The van der Waals surface area contributed by atoms with Gasteiger partial charge in [-0.15, -0.1) is 0 Å². The normalized spacial score (nSPS) is 19.0. The molecule has 3 rings (SSSR count). The van der Waals surface area contributed by atoms with Gasteiger partial charge in [0, 0.05) is 37.1 Å². The number of furan rings is 1. The molecule has 0 radical (unpaired) electrons. The number of aryl methyl sites for hydroxylation is 2. The van der Waals surface area contributed by atoms with Crippen molar-refractivity contribution in [1.29, 1.82) is 0 Å². The molecule has 1 aliphatic rings. The second-order valence-electron chi connectivity index (χ2n) is 7.39. The Balaban J connectivity index is 1.47. The van der Waals surface area contributed by atoms with Gasteiger partial charge in [0.05, 0.1) is 0 Å². The van der Waals surface area contributed by atoms with Crippen molar-refractivity contribution in [1.82, 2.24) is 15.2 Å². The maximum Gasteiger partial charge on any atom is 0.107 e. The standard InChI is InChI=1S/C20H29N3O2/c1-15-11-19(16(2)25-15)20(3,24)14-22-18-6-9-23(10-7-18)13-17-5-4-8-21-12-17/h4-5,8,11-12,18,22,24H,6-7,9-10,13-14H2,1-3H3/t20-/m0/s1. The van der Waals surface area contributed by atoms with Crippen molar-refractivity contribution in [3.05, 3.63) is 53.2 Å². The third-order valence-electron chi connectivity index (χ3n) is 5.07. The van der Waals surface area contributed by atoms with Crippen molar-refractivity contribution in [3.8, 4) is 0 Å². The number of aliphatic hydroxyl groups is 1. The van der Waals surface area contributed by atoms with Gasteiger partial charge in [-0.05, 0) is 64.4 Å². The molecule has 136 valence electrons. The monoisotopic (exact) mass is 343 g/mol. The van der Waals surface area contributed by atoms with Gasteiger partial charge in [-0.2, -0.15) is 0 Å². The summed E-state index contributed by atoms with van der Waals surface area (Å²) in [7, 11) is 0. The molecule has 0 aliphatic carbocycles. The van der Waals surface area contributed by atoms with Crippen LogP contribution in [-0.2, 0) is 12.1 Å². The molecule has 1 saturated heterocycles. The fourth-order valence-corrected chi connectivity index (χ4v) is 3.65. The molecule has 0 aromatic carbocycles. The molecule has 5 heteroatoms. The molecular weight excluding hydrogens is 314 g/mol. The highest BCUT2D eigenvalue weighted by atomic mass is 16.3. The van der Waals surface area contributed by atoms with Crippen molar-refractivity contribution in [2.45, 2.75) is 51.8 Å². The van der Waals surface area contributed by atoms with E-state index in [1.807, 2.05) is 45.3 Å². The number of nitrogens with zero attached hydrogens (tertiary/aromatic N) is 2. The molecule has 1 aliphatic heterocycles. The summed E-state index contributed by atoms with van der Waals surface area (Å²) in [6, 6.07) is 6.51. The van der Waals surface area contributed by atoms with Gasteiger partial charge in [-0.1, -0.05) is 6.07 Å². The van der Waals surface area contributed by atoms with Crippen molar-refractivity contribution in [3.63, 3.8) is 0 Å². The summed E-state index contributed by atoms with van der Waals surface area (Å²) in [4.78, 5) is 6.65. The van der Waals surface area contributed by atoms with E-state index in [-0.39, 0.29) is 0 Å². The lowest BCUT2D eigenvalue weighted by Gasteiger charge is -2.34. The Labute approximate surface area is 150 Å². The zero-order chi connectivity index (χ0) is 17.9. The second-order valence-corrected chi connectivity index (χ2v) is 7.39. The topological polar surface area (TPSA) is 61.5 Å². The predicted octanol–water partition coefficient (Wildman–Crippen LogP) is 2.75. The largest absolute Gasteiger partial charge is 0.466 e. The van der Waals surface area contributed by atoms with Gasteiger partial charge in [0.1, 0.15) is 17.1 Å². The van der Waals surface area contributed by atoms with Crippen LogP contribution in [0, 0.1) is 13.8 Å². The summed E-state index contributed by atoms with van der Waals surface area (Å²) < 4.78 is 5.56. The van der Waals surface area contributed by atoms with Crippen LogP contribution in [0.1, 0.15) is 42.4 Å². The predicted molar refractivity (Wildman–Crippen MR) is 98.3 cm³/mol. The second kappa shape index (κ2) is 7.68. The van der Waals surface area contributed by atoms with Crippen LogP contribution in [0.3, 0.4) is 0 Å². The van der Waals surface area contributed by atoms with Gasteiger partial charge in [-0.3, -0.25) is 9.88 Å². The van der Waals surface area contributed by atoms with E-state index >= 15 is 0 Å². The van der Waals surface area contributed by atoms with Crippen LogP contribution in [0.5, 0.6) is 0 Å². The highest BCUT2D eigenvalue weighted by Gasteiger charge is 2.29. The summed E-state index contributed by atoms with van der Waals surface area (Å²) in [5, 5.41) is 14.4. The molecule has 0 bridgehead atoms. The van der Waals surface area contributed by atoms with Crippen molar-refractivity contribution >= 4 is 0 Å². The lowest BCUT2D eigenvalue weighted by atomic mass is 9.95. The maximum atomic E-state index is 10.8. The van der Waals surface area contributed by atoms with Crippen LogP contribution in [-0.4, -0.2) is 40.7 Å². The molecule has 5 nitrogen and oxygen atoms in total. The average Bonchev–Trinajstić information content (AvgIpc) is 2.95. The van der Waals surface area contributed by atoms with E-state index in [2.05, 4.69) is 21.3 Å². The van der Waals surface area contributed by atoms with E-state index < -0.39 is 5.60 Å². The number of likely N-dealkylation sites (tertiary alicyclic amines) is 1. The van der Waals surface area contributed by atoms with E-state index in [1.165, 1.54) is 5.56 Å². The first-order valence-corrected chi connectivity index (χ1v) is 9.08. The molecule has 3 heterocycles. The fourth-order valence-electron chi connectivity index (χ4n) is 3.65. The van der Waals surface area contributed by atoms with Crippen LogP contribution in [0.15, 0.2) is 35.0 Å². The number of hydrogen-bond acceptors (Lipinski definition) is 5. The summed E-state index contributed by atoms with van der Waals surface area (Å²) in [5.74, 6) is 1.65. The lowest BCUT2D eigenvalue weighted by molar-refractivity contribution is 0.0485. The molecule has 2 aromatic rings. The highest BCUT2D eigenvalue weighted by molar-refractivity contribution is 5.26. The first-order valence-electron chi connectivity index (χ1n) is 9.08. The SMILES string of the molecule is Cc1cc([C@@](C)(O)CNC2CCN(Cc3cccnc3)CC2)c(C)o1. The van der Waals surface area contributed by atoms with E-state index in [4.69, 9.17) is 4.42 Å². The van der Waals surface area contributed by atoms with E-state index in [1.54, 1.807) is 0 Å². The number of piperidine rings is 1. The van der Waals surface area contributed by atoms with Crippen LogP contribution < -0.4 is 5.32 Å². The number of rotatable bonds is 6. The lowest BCUT2D eigenvalue weighted by Crippen LogP contribution is -2.46. The van der Waals surface area contributed by atoms with Crippen molar-refractivity contribution in [2.75, 3.05) is 19.6 Å². The molecule has 1 fully saturated rings. The van der Waals surface area contributed by atoms with Crippen LogP contribution in [0.2, 0.25) is 0 Å². The number of aromatic nitrogens is 1. The number of hydrogen-bond donors (Lipinski definition) is 2. The van der Waals surface area contributed by atoms with E-state index in [9.17, 15) is 5.11 Å². The third-order valence-corrected chi connectivity index (χ3v) is 5.07. The zero-order valence-corrected chi connectivity index (χ0v) is 15.5. The van der Waals surface area contributed by atoms with Gasteiger partial charge in [0.25, 0.3) is 0 Å². The smallest absolute Gasteiger partial charge is 0.107 e. The summed E-state index contributed by atoms with van der Waals surface area (Å²) >= 11 is 0. The minimum absolute atomic E-state index is 0.449. The van der Waals surface area contributed by atoms with Crippen LogP contribution in [0.4, 0.5) is 0 Å². The maximum absolute atomic E-state index is 10.8. The highest BCUT2D eigenvalue weighted by Crippen LogP contribution is 2.27. The van der Waals surface area contributed by atoms with Crippen molar-refractivity contribution in [2.24, 2.45) is 0 Å². The van der Waals surface area contributed by atoms with Crippen molar-refractivity contribution < 1.29 is 9.52 Å². The molecule has 0 saturated carbocycles. The number of pyridine rings is 1. The minimum Gasteiger partial charge on any atom is -0.466 e. The van der Waals surface area contributed by atoms with Gasteiger partial charge < -0.3 is 14.8 Å². The summed E-state index contributed by atoms with van der Waals surface area (Å²) in [6.07, 6.45) is 5.95. The van der Waals surface area contributed by atoms with Crippen LogP contribution in [0.25, 0.3) is 0 Å². The molecular formula is C20H29N3O2. The molecule has 0 amide bonds.